The van der Waals surface area contributed by atoms with Crippen LogP contribution in [0, 0.1) is 0 Å². The zero-order valence-electron chi connectivity index (χ0n) is 8.25. The smallest absolute Gasteiger partial charge is 0.331 e. The van der Waals surface area contributed by atoms with Crippen molar-refractivity contribution in [2.24, 2.45) is 0 Å². The summed E-state index contributed by atoms with van der Waals surface area (Å²) in [7, 11) is 0. The Kier molecular flexibility index (Phi) is 2.77. The molecule has 0 atom stereocenters. The summed E-state index contributed by atoms with van der Waals surface area (Å²) in [4.78, 5) is 32.8. The lowest BCUT2D eigenvalue weighted by molar-refractivity contribution is -0.116. The van der Waals surface area contributed by atoms with Crippen molar-refractivity contribution in [3.05, 3.63) is 41.3 Å². The fourth-order valence-electron chi connectivity index (χ4n) is 1.17. The van der Waals surface area contributed by atoms with Gasteiger partial charge >= 0.3 is 5.69 Å². The van der Waals surface area contributed by atoms with Crippen LogP contribution >= 0.6 is 0 Å². The topological polar surface area (TPSA) is 92.7 Å². The number of H-pyrrole nitrogens is 1. The predicted molar refractivity (Wildman–Crippen MR) is 55.7 cm³/mol. The Morgan fingerprint density at radius 2 is 2.31 bits per heavy atom. The van der Waals surface area contributed by atoms with Gasteiger partial charge in [0.15, 0.2) is 0 Å². The van der Waals surface area contributed by atoms with Gasteiger partial charge in [0.05, 0.1) is 0 Å². The minimum atomic E-state index is -0.461. The molecule has 7 heteroatoms. The third-order valence-electron chi connectivity index (χ3n) is 1.85. The summed E-state index contributed by atoms with van der Waals surface area (Å²) in [6, 6.07) is 1.58. The van der Waals surface area contributed by atoms with Crippen molar-refractivity contribution in [2.75, 3.05) is 5.32 Å². The Balaban J connectivity index is 2.03. The number of anilines is 1. The van der Waals surface area contributed by atoms with Gasteiger partial charge in [-0.3, -0.25) is 14.7 Å². The fourth-order valence-corrected chi connectivity index (χ4v) is 1.17. The van der Waals surface area contributed by atoms with Crippen LogP contribution in [-0.2, 0) is 11.3 Å². The van der Waals surface area contributed by atoms with Gasteiger partial charge in [-0.1, -0.05) is 0 Å². The highest BCUT2D eigenvalue weighted by atomic mass is 16.2. The van der Waals surface area contributed by atoms with Crippen LogP contribution in [0.25, 0.3) is 0 Å². The van der Waals surface area contributed by atoms with E-state index in [0.717, 1.165) is 0 Å². The Labute approximate surface area is 90.2 Å². The average molecular weight is 219 g/mol. The molecule has 0 aliphatic rings. The minimum Gasteiger partial charge on any atom is -0.331 e. The first-order valence-electron chi connectivity index (χ1n) is 4.56. The summed E-state index contributed by atoms with van der Waals surface area (Å²) in [5, 5.41) is 2.50. The Morgan fingerprint density at radius 3 is 3.00 bits per heavy atom. The van der Waals surface area contributed by atoms with Crippen LogP contribution in [0.4, 0.5) is 5.95 Å². The van der Waals surface area contributed by atoms with E-state index in [1.165, 1.54) is 23.2 Å². The molecule has 16 heavy (non-hydrogen) atoms. The highest BCUT2D eigenvalue weighted by molar-refractivity contribution is 5.88. The summed E-state index contributed by atoms with van der Waals surface area (Å²) in [5.41, 5.74) is -0.461. The molecule has 0 saturated heterocycles. The molecule has 0 aliphatic carbocycles. The van der Waals surface area contributed by atoms with Gasteiger partial charge < -0.3 is 4.98 Å². The number of carbonyl (C=O) groups is 1. The van der Waals surface area contributed by atoms with Crippen LogP contribution in [0.1, 0.15) is 0 Å². The highest BCUT2D eigenvalue weighted by Crippen LogP contribution is 1.94. The fraction of sp³-hybridized carbons (Fsp3) is 0.111. The van der Waals surface area contributed by atoms with Crippen LogP contribution in [0.2, 0.25) is 0 Å². The number of amides is 1. The molecule has 2 rings (SSSR count). The number of nitrogens with one attached hydrogen (secondary N) is 2. The maximum Gasteiger partial charge on any atom is 0.347 e. The van der Waals surface area contributed by atoms with Crippen molar-refractivity contribution in [1.82, 2.24) is 19.5 Å². The van der Waals surface area contributed by atoms with Crippen LogP contribution in [-0.4, -0.2) is 25.4 Å². The quantitative estimate of drug-likeness (QED) is 0.734. The van der Waals surface area contributed by atoms with E-state index in [-0.39, 0.29) is 12.5 Å². The number of nitrogens with zero attached hydrogens (tertiary/aromatic N) is 3. The lowest BCUT2D eigenvalue weighted by atomic mass is 10.5. The van der Waals surface area contributed by atoms with Crippen LogP contribution < -0.4 is 11.0 Å². The zero-order valence-corrected chi connectivity index (χ0v) is 8.25. The Morgan fingerprint density at radius 1 is 1.44 bits per heavy atom. The second-order valence-corrected chi connectivity index (χ2v) is 3.02. The molecule has 0 bridgehead atoms. The summed E-state index contributed by atoms with van der Waals surface area (Å²) < 4.78 is 1.21. The van der Waals surface area contributed by atoms with Gasteiger partial charge in [0.2, 0.25) is 11.9 Å². The molecule has 0 aromatic carbocycles. The van der Waals surface area contributed by atoms with Crippen molar-refractivity contribution in [1.29, 1.82) is 0 Å². The molecule has 0 fully saturated rings. The summed E-state index contributed by atoms with van der Waals surface area (Å²) in [5.74, 6) is 0.00647. The van der Waals surface area contributed by atoms with Crippen molar-refractivity contribution >= 4 is 11.9 Å². The van der Waals surface area contributed by atoms with Crippen molar-refractivity contribution in [3.63, 3.8) is 0 Å². The van der Waals surface area contributed by atoms with Gasteiger partial charge in [-0.05, 0) is 6.07 Å². The Hall–Kier alpha value is -2.44. The number of hydrogen-bond donors (Lipinski definition) is 2. The van der Waals surface area contributed by atoms with Gasteiger partial charge in [0.25, 0.3) is 0 Å². The van der Waals surface area contributed by atoms with Crippen molar-refractivity contribution < 1.29 is 4.79 Å². The van der Waals surface area contributed by atoms with E-state index in [9.17, 15) is 9.59 Å². The molecule has 2 aromatic heterocycles. The van der Waals surface area contributed by atoms with Crippen LogP contribution in [0.3, 0.4) is 0 Å². The minimum absolute atomic E-state index is 0.0899. The summed E-state index contributed by atoms with van der Waals surface area (Å²) in [6.45, 7) is -0.0899. The van der Waals surface area contributed by atoms with Gasteiger partial charge in [-0.2, -0.15) is 0 Å². The average Bonchev–Trinajstić information content (AvgIpc) is 2.74. The molecule has 0 radical (unpaired) electrons. The number of aromatic amines is 1. The molecular weight excluding hydrogens is 210 g/mol. The predicted octanol–water partition coefficient (Wildman–Crippen LogP) is -0.395. The standard InChI is InChI=1S/C9H9N5O2/c15-7(13-8-10-3-4-11-8)6-14-5-1-2-12-9(14)16/h1-5H,6H2,(H2,10,11,13,15). The van der Waals surface area contributed by atoms with Crippen LogP contribution in [0.15, 0.2) is 35.6 Å². The van der Waals surface area contributed by atoms with E-state index < -0.39 is 5.69 Å². The molecule has 1 amide bonds. The number of imidazole rings is 1. The molecule has 2 aromatic rings. The monoisotopic (exact) mass is 219 g/mol. The first kappa shape index (κ1) is 10.1. The first-order valence-corrected chi connectivity index (χ1v) is 4.56. The first-order chi connectivity index (χ1) is 7.75. The van der Waals surface area contributed by atoms with Crippen LogP contribution in [0.5, 0.6) is 0 Å². The second kappa shape index (κ2) is 4.39. The molecular formula is C9H9N5O2. The number of rotatable bonds is 3. The number of carbonyl (C=O) groups excluding carboxylic acids is 1. The summed E-state index contributed by atoms with van der Waals surface area (Å²) >= 11 is 0. The largest absolute Gasteiger partial charge is 0.347 e. The lowest BCUT2D eigenvalue weighted by Gasteiger charge is -2.03. The van der Waals surface area contributed by atoms with E-state index >= 15 is 0 Å². The molecule has 0 spiro atoms. The Bertz CT molecular complexity index is 531. The normalized spacial score (nSPS) is 10.0. The molecule has 0 unspecified atom stereocenters. The number of aromatic nitrogens is 4. The third kappa shape index (κ3) is 2.32. The maximum atomic E-state index is 11.5. The van der Waals surface area contributed by atoms with E-state index in [4.69, 9.17) is 0 Å². The molecule has 0 aliphatic heterocycles. The second-order valence-electron chi connectivity index (χ2n) is 3.02. The molecule has 2 heterocycles. The molecule has 82 valence electrons. The maximum absolute atomic E-state index is 11.5. The van der Waals surface area contributed by atoms with E-state index in [1.807, 2.05) is 0 Å². The van der Waals surface area contributed by atoms with E-state index in [1.54, 1.807) is 12.3 Å². The van der Waals surface area contributed by atoms with Crippen molar-refractivity contribution in [3.8, 4) is 0 Å². The van der Waals surface area contributed by atoms with Gasteiger partial charge in [-0.25, -0.2) is 14.8 Å². The van der Waals surface area contributed by atoms with Gasteiger partial charge in [0.1, 0.15) is 6.54 Å². The summed E-state index contributed by atoms with van der Waals surface area (Å²) in [6.07, 6.45) is 5.98. The molecule has 0 saturated carbocycles. The molecule has 2 N–H and O–H groups in total. The number of hydrogen-bond acceptors (Lipinski definition) is 4. The van der Waals surface area contributed by atoms with Gasteiger partial charge in [0, 0.05) is 24.8 Å². The van der Waals surface area contributed by atoms with Crippen molar-refractivity contribution in [2.45, 2.75) is 6.54 Å². The zero-order chi connectivity index (χ0) is 11.4. The van der Waals surface area contributed by atoms with E-state index in [0.29, 0.717) is 5.95 Å². The SMILES string of the molecule is O=C(Cn1cccnc1=O)Nc1ncc[nH]1. The third-order valence-corrected chi connectivity index (χ3v) is 1.85. The van der Waals surface area contributed by atoms with E-state index in [2.05, 4.69) is 20.3 Å². The van der Waals surface area contributed by atoms with Gasteiger partial charge in [-0.15, -0.1) is 0 Å². The molecule has 7 nitrogen and oxygen atoms in total. The lowest BCUT2D eigenvalue weighted by Crippen LogP contribution is -2.28. The highest BCUT2D eigenvalue weighted by Gasteiger charge is 2.05.